The van der Waals surface area contributed by atoms with Gasteiger partial charge < -0.3 is 15.2 Å². The molecule has 2 N–H and O–H groups in total. The predicted octanol–water partition coefficient (Wildman–Crippen LogP) is 1.55. The predicted molar refractivity (Wildman–Crippen MR) is 59.5 cm³/mol. The summed E-state index contributed by atoms with van der Waals surface area (Å²) in [7, 11) is 0. The first-order chi connectivity index (χ1) is 6.42. The van der Waals surface area contributed by atoms with Crippen LogP contribution in [0.25, 0.3) is 0 Å². The van der Waals surface area contributed by atoms with Crippen molar-refractivity contribution in [3.05, 3.63) is 0 Å². The van der Waals surface area contributed by atoms with E-state index in [9.17, 15) is 5.11 Å². The molecule has 0 spiro atoms. The third-order valence-corrected chi connectivity index (χ3v) is 1.76. The summed E-state index contributed by atoms with van der Waals surface area (Å²) < 4.78 is 5.41. The van der Waals surface area contributed by atoms with Gasteiger partial charge in [-0.2, -0.15) is 0 Å². The molecule has 0 aliphatic carbocycles. The summed E-state index contributed by atoms with van der Waals surface area (Å²) in [6.07, 6.45) is 2.51. The van der Waals surface area contributed by atoms with Gasteiger partial charge in [0.25, 0.3) is 0 Å². The topological polar surface area (TPSA) is 41.5 Å². The van der Waals surface area contributed by atoms with E-state index in [-0.39, 0.29) is 0 Å². The lowest BCUT2D eigenvalue weighted by molar-refractivity contribution is 0.0728. The van der Waals surface area contributed by atoms with E-state index < -0.39 is 5.60 Å². The van der Waals surface area contributed by atoms with Crippen molar-refractivity contribution in [3.8, 4) is 0 Å². The van der Waals surface area contributed by atoms with E-state index in [1.807, 2.05) is 27.7 Å². The Kier molecular flexibility index (Phi) is 7.15. The molecule has 0 bridgehead atoms. The van der Waals surface area contributed by atoms with Gasteiger partial charge in [0.05, 0.1) is 11.7 Å². The molecule has 0 atom stereocenters. The number of ether oxygens (including phenoxy) is 1. The molecule has 0 aromatic heterocycles. The van der Waals surface area contributed by atoms with Crippen molar-refractivity contribution in [2.75, 3.05) is 19.7 Å². The Morgan fingerprint density at radius 3 is 2.43 bits per heavy atom. The van der Waals surface area contributed by atoms with E-state index in [4.69, 9.17) is 4.74 Å². The lowest BCUT2D eigenvalue weighted by atomic mass is 10.1. The SMILES string of the molecule is CC(C)OCCCCNCC(C)(C)O. The molecule has 14 heavy (non-hydrogen) atoms. The average Bonchev–Trinajstić information content (AvgIpc) is 2.00. The number of hydrogen-bond acceptors (Lipinski definition) is 3. The quantitative estimate of drug-likeness (QED) is 0.588. The fourth-order valence-corrected chi connectivity index (χ4v) is 1.07. The van der Waals surface area contributed by atoms with Gasteiger partial charge in [-0.15, -0.1) is 0 Å². The monoisotopic (exact) mass is 203 g/mol. The minimum absolute atomic E-state index is 0.333. The minimum Gasteiger partial charge on any atom is -0.389 e. The van der Waals surface area contributed by atoms with Crippen molar-refractivity contribution in [3.63, 3.8) is 0 Å². The Morgan fingerprint density at radius 2 is 1.93 bits per heavy atom. The van der Waals surface area contributed by atoms with Crippen molar-refractivity contribution < 1.29 is 9.84 Å². The van der Waals surface area contributed by atoms with Gasteiger partial charge in [0.1, 0.15) is 0 Å². The van der Waals surface area contributed by atoms with Gasteiger partial charge >= 0.3 is 0 Å². The molecule has 3 nitrogen and oxygen atoms in total. The molecule has 0 rings (SSSR count). The Balaban J connectivity index is 3.07. The molecule has 0 aromatic rings. The fourth-order valence-electron chi connectivity index (χ4n) is 1.07. The Hall–Kier alpha value is -0.120. The van der Waals surface area contributed by atoms with Crippen LogP contribution in [0.15, 0.2) is 0 Å². The first kappa shape index (κ1) is 13.9. The van der Waals surface area contributed by atoms with Gasteiger partial charge in [-0.3, -0.25) is 0 Å². The van der Waals surface area contributed by atoms with Crippen LogP contribution >= 0.6 is 0 Å². The van der Waals surface area contributed by atoms with Gasteiger partial charge in [-0.1, -0.05) is 0 Å². The van der Waals surface area contributed by atoms with Crippen LogP contribution in [0.2, 0.25) is 0 Å². The van der Waals surface area contributed by atoms with E-state index in [2.05, 4.69) is 5.32 Å². The summed E-state index contributed by atoms with van der Waals surface area (Å²) in [5.41, 5.74) is -0.603. The normalized spacial score (nSPS) is 12.4. The summed E-state index contributed by atoms with van der Waals surface area (Å²) >= 11 is 0. The number of rotatable bonds is 8. The molecule has 0 aliphatic heterocycles. The van der Waals surface area contributed by atoms with Crippen molar-refractivity contribution in [1.29, 1.82) is 0 Å². The van der Waals surface area contributed by atoms with Crippen LogP contribution in [-0.4, -0.2) is 36.5 Å². The van der Waals surface area contributed by atoms with Crippen molar-refractivity contribution in [1.82, 2.24) is 5.32 Å². The second kappa shape index (κ2) is 7.21. The van der Waals surface area contributed by atoms with Crippen LogP contribution < -0.4 is 5.32 Å². The van der Waals surface area contributed by atoms with Crippen LogP contribution in [0.3, 0.4) is 0 Å². The standard InChI is InChI=1S/C11H25NO2/c1-10(2)14-8-6-5-7-12-9-11(3,4)13/h10,12-13H,5-9H2,1-4H3. The Labute approximate surface area is 87.8 Å². The zero-order chi connectivity index (χ0) is 11.0. The highest BCUT2D eigenvalue weighted by Crippen LogP contribution is 1.98. The molecule has 0 unspecified atom stereocenters. The van der Waals surface area contributed by atoms with Gasteiger partial charge in [-0.05, 0) is 47.1 Å². The molecule has 0 radical (unpaired) electrons. The first-order valence-electron chi connectivity index (χ1n) is 5.46. The van der Waals surface area contributed by atoms with Crippen LogP contribution in [0, 0.1) is 0 Å². The molecule has 0 heterocycles. The maximum atomic E-state index is 9.41. The third-order valence-electron chi connectivity index (χ3n) is 1.76. The Morgan fingerprint density at radius 1 is 1.29 bits per heavy atom. The Bertz CT molecular complexity index is 130. The van der Waals surface area contributed by atoms with Crippen LogP contribution in [0.1, 0.15) is 40.5 Å². The number of aliphatic hydroxyl groups is 1. The molecule has 0 saturated carbocycles. The lowest BCUT2D eigenvalue weighted by Crippen LogP contribution is -2.35. The number of hydrogen-bond donors (Lipinski definition) is 2. The molecule has 86 valence electrons. The highest BCUT2D eigenvalue weighted by atomic mass is 16.5. The molecule has 0 aliphatic rings. The highest BCUT2D eigenvalue weighted by molar-refractivity contribution is 4.67. The summed E-state index contributed by atoms with van der Waals surface area (Å²) in [4.78, 5) is 0. The molecular formula is C11H25NO2. The van der Waals surface area contributed by atoms with Gasteiger partial charge in [0, 0.05) is 13.2 Å². The van der Waals surface area contributed by atoms with Gasteiger partial charge in [0.15, 0.2) is 0 Å². The summed E-state index contributed by atoms with van der Waals surface area (Å²) in [6, 6.07) is 0. The molecule has 0 amide bonds. The maximum absolute atomic E-state index is 9.41. The third kappa shape index (κ3) is 11.9. The van der Waals surface area contributed by atoms with Gasteiger partial charge in [0.2, 0.25) is 0 Å². The van der Waals surface area contributed by atoms with Crippen molar-refractivity contribution >= 4 is 0 Å². The maximum Gasteiger partial charge on any atom is 0.0715 e. The van der Waals surface area contributed by atoms with Crippen LogP contribution in [-0.2, 0) is 4.74 Å². The number of nitrogens with one attached hydrogen (secondary N) is 1. The van der Waals surface area contributed by atoms with E-state index >= 15 is 0 Å². The zero-order valence-electron chi connectivity index (χ0n) is 9.97. The molecule has 0 aromatic carbocycles. The van der Waals surface area contributed by atoms with Crippen molar-refractivity contribution in [2.45, 2.75) is 52.2 Å². The van der Waals surface area contributed by atoms with Crippen LogP contribution in [0.5, 0.6) is 0 Å². The van der Waals surface area contributed by atoms with E-state index in [1.165, 1.54) is 0 Å². The van der Waals surface area contributed by atoms with Crippen LogP contribution in [0.4, 0.5) is 0 Å². The number of unbranched alkanes of at least 4 members (excludes halogenated alkanes) is 1. The van der Waals surface area contributed by atoms with Crippen molar-refractivity contribution in [2.24, 2.45) is 0 Å². The van der Waals surface area contributed by atoms with Gasteiger partial charge in [-0.25, -0.2) is 0 Å². The zero-order valence-corrected chi connectivity index (χ0v) is 9.97. The molecule has 0 fully saturated rings. The van der Waals surface area contributed by atoms with E-state index in [1.54, 1.807) is 0 Å². The highest BCUT2D eigenvalue weighted by Gasteiger charge is 2.10. The second-order valence-corrected chi connectivity index (χ2v) is 4.62. The largest absolute Gasteiger partial charge is 0.389 e. The van der Waals surface area contributed by atoms with E-state index in [0.29, 0.717) is 12.6 Å². The lowest BCUT2D eigenvalue weighted by Gasteiger charge is -2.17. The van der Waals surface area contributed by atoms with E-state index in [0.717, 1.165) is 26.0 Å². The first-order valence-corrected chi connectivity index (χ1v) is 5.46. The average molecular weight is 203 g/mol. The molecule has 0 saturated heterocycles. The minimum atomic E-state index is -0.603. The summed E-state index contributed by atoms with van der Waals surface area (Å²) in [5.74, 6) is 0. The second-order valence-electron chi connectivity index (χ2n) is 4.62. The summed E-state index contributed by atoms with van der Waals surface area (Å²) in [6.45, 7) is 10.1. The summed E-state index contributed by atoms with van der Waals surface area (Å²) in [5, 5.41) is 12.6. The smallest absolute Gasteiger partial charge is 0.0715 e. The molecular weight excluding hydrogens is 178 g/mol. The molecule has 3 heteroatoms. The fraction of sp³-hybridized carbons (Fsp3) is 1.00.